The van der Waals surface area contributed by atoms with Gasteiger partial charge in [-0.05, 0) is 167 Å². The Bertz CT molecular complexity index is 2700. The third-order valence-electron chi connectivity index (χ3n) is 15.0. The number of carbonyl (C=O) groups excluding carboxylic acids is 3. The molecule has 16 nitrogen and oxygen atoms in total. The smallest absolute Gasteiger partial charge is 0.463 e. The van der Waals surface area contributed by atoms with Gasteiger partial charge in [0.25, 0.3) is 0 Å². The molecule has 0 amide bonds. The van der Waals surface area contributed by atoms with Crippen LogP contribution in [0, 0.1) is 0 Å². The van der Waals surface area contributed by atoms with Crippen molar-refractivity contribution in [2.45, 2.75) is 270 Å². The average molecular weight is 1470 g/mol. The van der Waals surface area contributed by atoms with Crippen LogP contribution in [0.5, 0.6) is 0 Å². The highest BCUT2D eigenvalue weighted by Crippen LogP contribution is 2.45. The van der Waals surface area contributed by atoms with E-state index in [9.17, 15) is 43.5 Å². The van der Waals surface area contributed by atoms with E-state index in [2.05, 4.69) is 227 Å². The number of aliphatic hydroxyl groups is 2. The van der Waals surface area contributed by atoms with Gasteiger partial charge in [0, 0.05) is 19.3 Å². The van der Waals surface area contributed by atoms with Crippen molar-refractivity contribution in [2.24, 2.45) is 0 Å². The third kappa shape index (κ3) is 77.1. The molecule has 5 unspecified atom stereocenters. The number of phosphoric acid groups is 2. The largest absolute Gasteiger partial charge is 0.472 e. The molecule has 0 aromatic carbocycles. The van der Waals surface area contributed by atoms with Gasteiger partial charge in [0.15, 0.2) is 6.10 Å². The van der Waals surface area contributed by atoms with E-state index in [4.69, 9.17) is 32.3 Å². The number of hydrogen-bond acceptors (Lipinski definition) is 14. The van der Waals surface area contributed by atoms with Crippen LogP contribution in [0.25, 0.3) is 0 Å². The second-order valence-corrected chi connectivity index (χ2v) is 27.6. The molecule has 0 aliphatic rings. The normalized spacial score (nSPS) is 15.1. The zero-order valence-electron chi connectivity index (χ0n) is 63.1. The number of carbonyl (C=O) groups is 3. The van der Waals surface area contributed by atoms with E-state index >= 15 is 0 Å². The molecule has 103 heavy (non-hydrogen) atoms. The van der Waals surface area contributed by atoms with E-state index in [1.807, 2.05) is 0 Å². The number of esters is 3. The van der Waals surface area contributed by atoms with Crippen LogP contribution in [-0.2, 0) is 55.8 Å². The summed E-state index contributed by atoms with van der Waals surface area (Å²) < 4.78 is 61.1. The van der Waals surface area contributed by atoms with Gasteiger partial charge >= 0.3 is 33.6 Å². The molecule has 18 heteroatoms. The Morgan fingerprint density at radius 1 is 0.272 bits per heavy atom. The van der Waals surface area contributed by atoms with Crippen molar-refractivity contribution in [3.05, 3.63) is 207 Å². The Kier molecular flexibility index (Phi) is 71.5. The summed E-state index contributed by atoms with van der Waals surface area (Å²) >= 11 is 0. The molecule has 0 saturated heterocycles. The van der Waals surface area contributed by atoms with Crippen LogP contribution in [-0.4, -0.2) is 95.9 Å². The van der Waals surface area contributed by atoms with E-state index in [0.717, 1.165) is 186 Å². The standard InChI is InChI=1S/C85H134O16P2/c1-4-7-10-13-16-19-22-25-28-31-34-37-39-42-44-47-50-53-56-59-62-65-68-71-83(88)95-74-80(86)75-97-102(91,92)98-76-81(87)77-99-103(93,94)100-79-82(101-85(90)73-70-67-64-61-58-55-52-49-46-41-36-33-30-27-24-21-18-15-12-9-6-3)78-96-84(89)72-69-66-63-60-57-54-51-48-45-43-40-38-35-32-29-26-23-20-17-14-11-8-5-2/h7-12,16-21,25-30,34-38,41-45,49-50,52-53,58,61,80-82,86-87H,4-6,13-15,22-24,31-33,39-40,46-48,51,54-57,59-60,62-79H2,1-3H3,(H,91,92)(H,93,94)/b10-7-,11-8-,12-9-,19-16-,20-17-,21-18-,28-25-,29-26-,30-27-,37-34-,38-35-,41-36-,44-42-,45-43-,52-49-,53-50-,61-58-. The number of ether oxygens (including phenoxy) is 3. The van der Waals surface area contributed by atoms with Crippen LogP contribution < -0.4 is 0 Å². The van der Waals surface area contributed by atoms with Crippen molar-refractivity contribution in [3.8, 4) is 0 Å². The summed E-state index contributed by atoms with van der Waals surface area (Å²) in [4.78, 5) is 58.7. The molecule has 0 aromatic heterocycles. The maximum absolute atomic E-state index is 13.0. The molecule has 4 N–H and O–H groups in total. The van der Waals surface area contributed by atoms with Gasteiger partial charge in [0.2, 0.25) is 0 Å². The van der Waals surface area contributed by atoms with Crippen LogP contribution in [0.15, 0.2) is 207 Å². The van der Waals surface area contributed by atoms with E-state index in [1.54, 1.807) is 0 Å². The highest BCUT2D eigenvalue weighted by Gasteiger charge is 2.29. The van der Waals surface area contributed by atoms with Crippen molar-refractivity contribution >= 4 is 33.6 Å². The molecule has 580 valence electrons. The second kappa shape index (κ2) is 75.8. The summed E-state index contributed by atoms with van der Waals surface area (Å²) in [6.07, 6.45) is 100. The Labute approximate surface area is 622 Å². The molecule has 0 radical (unpaired) electrons. The molecule has 0 bridgehead atoms. The van der Waals surface area contributed by atoms with Crippen LogP contribution >= 0.6 is 15.6 Å². The minimum absolute atomic E-state index is 0.0366. The molecule has 0 saturated carbocycles. The predicted molar refractivity (Wildman–Crippen MR) is 426 cm³/mol. The average Bonchev–Trinajstić information content (AvgIpc) is 0.922. The van der Waals surface area contributed by atoms with Crippen LogP contribution in [0.3, 0.4) is 0 Å². The molecule has 5 atom stereocenters. The van der Waals surface area contributed by atoms with Crippen molar-refractivity contribution in [3.63, 3.8) is 0 Å². The third-order valence-corrected chi connectivity index (χ3v) is 16.9. The van der Waals surface area contributed by atoms with Gasteiger partial charge in [-0.15, -0.1) is 0 Å². The maximum Gasteiger partial charge on any atom is 0.472 e. The number of rotatable bonds is 70. The lowest BCUT2D eigenvalue weighted by Gasteiger charge is -2.21. The van der Waals surface area contributed by atoms with Crippen molar-refractivity contribution in [1.82, 2.24) is 0 Å². The van der Waals surface area contributed by atoms with Crippen LogP contribution in [0.1, 0.15) is 252 Å². The first-order valence-corrected chi connectivity index (χ1v) is 41.4. The Balaban J connectivity index is 4.82. The number of unbranched alkanes of at least 4 members (excludes halogenated alkanes) is 13. The van der Waals surface area contributed by atoms with E-state index in [-0.39, 0.29) is 19.3 Å². The quantitative estimate of drug-likeness (QED) is 0.0146. The fourth-order valence-corrected chi connectivity index (χ4v) is 10.8. The molecular formula is C85H134O16P2. The molecular weight excluding hydrogens is 1340 g/mol. The van der Waals surface area contributed by atoms with Crippen molar-refractivity contribution in [2.75, 3.05) is 39.6 Å². The number of allylic oxidation sites excluding steroid dienone is 34. The van der Waals surface area contributed by atoms with Crippen molar-refractivity contribution in [1.29, 1.82) is 0 Å². The Hall–Kier alpha value is -5.87. The summed E-state index contributed by atoms with van der Waals surface area (Å²) in [5, 5.41) is 20.6. The summed E-state index contributed by atoms with van der Waals surface area (Å²) in [6.45, 7) is 2.20. The Morgan fingerprint density at radius 3 is 0.786 bits per heavy atom. The number of aliphatic hydroxyl groups excluding tert-OH is 2. The van der Waals surface area contributed by atoms with Gasteiger partial charge in [-0.2, -0.15) is 0 Å². The molecule has 0 rings (SSSR count). The molecule has 0 aliphatic heterocycles. The van der Waals surface area contributed by atoms with Gasteiger partial charge in [0.1, 0.15) is 25.4 Å². The lowest BCUT2D eigenvalue weighted by molar-refractivity contribution is -0.161. The lowest BCUT2D eigenvalue weighted by atomic mass is 10.1. The molecule has 0 heterocycles. The zero-order valence-corrected chi connectivity index (χ0v) is 64.9. The lowest BCUT2D eigenvalue weighted by Crippen LogP contribution is -2.30. The summed E-state index contributed by atoms with van der Waals surface area (Å²) in [7, 11) is -9.84. The first-order chi connectivity index (χ1) is 50.2. The fourth-order valence-electron chi connectivity index (χ4n) is 9.25. The molecule has 0 spiro atoms. The van der Waals surface area contributed by atoms with Gasteiger partial charge < -0.3 is 34.2 Å². The molecule has 0 fully saturated rings. The minimum Gasteiger partial charge on any atom is -0.463 e. The highest BCUT2D eigenvalue weighted by molar-refractivity contribution is 7.47. The number of phosphoric ester groups is 2. The van der Waals surface area contributed by atoms with Crippen LogP contribution in [0.2, 0.25) is 0 Å². The van der Waals surface area contributed by atoms with Gasteiger partial charge in [-0.25, -0.2) is 9.13 Å². The summed E-state index contributed by atoms with van der Waals surface area (Å²) in [5.41, 5.74) is 0. The monoisotopic (exact) mass is 1470 g/mol. The van der Waals surface area contributed by atoms with Gasteiger partial charge in [-0.1, -0.05) is 272 Å². The summed E-state index contributed by atoms with van der Waals surface area (Å²) in [6, 6.07) is 0. The number of hydrogen-bond donors (Lipinski definition) is 4. The first-order valence-electron chi connectivity index (χ1n) is 38.4. The van der Waals surface area contributed by atoms with E-state index in [1.165, 1.54) is 0 Å². The van der Waals surface area contributed by atoms with E-state index in [0.29, 0.717) is 25.7 Å². The maximum atomic E-state index is 13.0. The molecule has 0 aliphatic carbocycles. The highest BCUT2D eigenvalue weighted by atomic mass is 31.2. The van der Waals surface area contributed by atoms with Gasteiger partial charge in [-0.3, -0.25) is 32.5 Å². The zero-order chi connectivity index (χ0) is 75.2. The SMILES string of the molecule is CC/C=C\C/C=C\C/C=C\C/C=C\C/C=C\C/C=C\CCCCCCC(=O)OCC(O)COP(=O)(O)OCC(O)COP(=O)(O)OCC(COC(=O)CCCCCCCCC/C=C\C/C=C\C/C=C\C/C=C\C/C=C\CC)OC(=O)CCCC/C=C\C/C=C\C/C=C\C/C=C\C/C=C\C/C=C\CC. The van der Waals surface area contributed by atoms with Gasteiger partial charge in [0.05, 0.1) is 26.4 Å². The summed E-state index contributed by atoms with van der Waals surface area (Å²) in [5.74, 6) is -1.68. The first kappa shape index (κ1) is 97.1. The van der Waals surface area contributed by atoms with Crippen LogP contribution in [0.4, 0.5) is 0 Å². The molecule has 0 aromatic rings. The van der Waals surface area contributed by atoms with E-state index < -0.39 is 91.5 Å². The topological polar surface area (TPSA) is 231 Å². The fraction of sp³-hybridized carbons (Fsp3) is 0.565. The Morgan fingerprint density at radius 2 is 0.485 bits per heavy atom. The predicted octanol–water partition coefficient (Wildman–Crippen LogP) is 22.5. The second-order valence-electron chi connectivity index (χ2n) is 24.7. The van der Waals surface area contributed by atoms with Crippen molar-refractivity contribution < 1.29 is 75.8 Å². The minimum atomic E-state index is -4.96.